The molecule has 0 spiro atoms. The van der Waals surface area contributed by atoms with E-state index in [1.54, 1.807) is 77.7 Å². The quantitative estimate of drug-likeness (QED) is 0.0719. The van der Waals surface area contributed by atoms with Crippen molar-refractivity contribution in [3.63, 3.8) is 0 Å². The monoisotopic (exact) mass is 1510 g/mol. The first-order chi connectivity index (χ1) is 49.1. The van der Waals surface area contributed by atoms with Crippen molar-refractivity contribution in [2.45, 2.75) is 111 Å². The Morgan fingerprint density at radius 1 is 0.423 bits per heavy atom. The molecule has 0 aliphatic rings. The third-order valence-corrected chi connectivity index (χ3v) is 17.6. The van der Waals surface area contributed by atoms with Crippen LogP contribution in [0.5, 0.6) is 17.2 Å². The number of rotatable bonds is 17. The standard InChI is InChI=1S/2C24H22ClF4N5O.C23H20ClF4N5O/c2*1-4-9-35-20-15(13(3)23-33-21(25)19-22(30)31-7-8-34(19)23)10-12(2)18(26)17(20)14-5-6-16(32-11-14)24(27,28)29;1-4-34-19-14(12(3)22-32-20(24)18-21(29)30-7-8-33(18)22)9-11(2)17(25)16(19)13-5-6-15(31-10-13)23(26,27)28/h2*5-8,10-11,13H,4,9H2,1-3H3,(H2,30,31);5-10,12H,4H2,1-3H3,(H2,29,30)/t2*13-;12-/m101/s1. The highest BCUT2D eigenvalue weighted by Crippen LogP contribution is 2.48. The van der Waals surface area contributed by atoms with Gasteiger partial charge in [0.1, 0.15) is 85.8 Å². The maximum Gasteiger partial charge on any atom is 0.433 e. The number of fused-ring (bicyclic) bond motifs is 3. The molecule has 0 aliphatic heterocycles. The number of hydrogen-bond donors (Lipinski definition) is 3. The van der Waals surface area contributed by atoms with E-state index in [1.807, 2.05) is 34.6 Å². The largest absolute Gasteiger partial charge is 0.493 e. The second-order valence-corrected chi connectivity index (χ2v) is 24.9. The van der Waals surface area contributed by atoms with Gasteiger partial charge in [-0.15, -0.1) is 0 Å². The van der Waals surface area contributed by atoms with Gasteiger partial charge in [-0.1, -0.05) is 87.6 Å². The molecule has 3 aromatic carbocycles. The molecule has 9 aromatic heterocycles. The van der Waals surface area contributed by atoms with Crippen molar-refractivity contribution in [1.82, 2.24) is 58.1 Å². The molecule has 18 nitrogen and oxygen atoms in total. The van der Waals surface area contributed by atoms with Gasteiger partial charge in [0, 0.05) is 107 Å². The van der Waals surface area contributed by atoms with Crippen LogP contribution in [0.3, 0.4) is 0 Å². The first-order valence-electron chi connectivity index (χ1n) is 31.9. The molecule has 0 aliphatic carbocycles. The van der Waals surface area contributed by atoms with Crippen molar-refractivity contribution in [2.75, 3.05) is 37.0 Å². The molecule has 12 aromatic rings. The van der Waals surface area contributed by atoms with Crippen molar-refractivity contribution in [3.8, 4) is 50.6 Å². The van der Waals surface area contributed by atoms with E-state index in [0.717, 1.165) is 36.8 Å². The first-order valence-corrected chi connectivity index (χ1v) is 33.1. The molecule has 6 N–H and O–H groups in total. The Kier molecular flexibility index (Phi) is 22.5. The van der Waals surface area contributed by atoms with Crippen LogP contribution in [0.2, 0.25) is 15.5 Å². The van der Waals surface area contributed by atoms with Crippen molar-refractivity contribution in [2.24, 2.45) is 0 Å². The molecular formula is C71H64Cl3F12N15O3. The number of anilines is 3. The highest BCUT2D eigenvalue weighted by atomic mass is 35.5. The van der Waals surface area contributed by atoms with Gasteiger partial charge < -0.3 is 31.4 Å². The zero-order chi connectivity index (χ0) is 75.8. The molecule has 0 unspecified atom stereocenters. The summed E-state index contributed by atoms with van der Waals surface area (Å²) in [5, 5.41) is 0.496. The van der Waals surface area contributed by atoms with Crippen molar-refractivity contribution < 1.29 is 66.9 Å². The van der Waals surface area contributed by atoms with Gasteiger partial charge >= 0.3 is 18.5 Å². The van der Waals surface area contributed by atoms with E-state index in [2.05, 4.69) is 44.9 Å². The molecule has 104 heavy (non-hydrogen) atoms. The summed E-state index contributed by atoms with van der Waals surface area (Å²) in [5.74, 6) is -0.417. The van der Waals surface area contributed by atoms with E-state index in [9.17, 15) is 39.5 Å². The Labute approximate surface area is 601 Å². The number of alkyl halides is 9. The maximum absolute atomic E-state index is 15.5. The fraction of sp³-hybridized carbons (Fsp3) is 0.282. The number of ether oxygens (including phenoxy) is 3. The summed E-state index contributed by atoms with van der Waals surface area (Å²) in [6.45, 7) is 16.5. The topological polar surface area (TPSA) is 235 Å². The van der Waals surface area contributed by atoms with Gasteiger partial charge in [-0.3, -0.25) is 28.2 Å². The smallest absolute Gasteiger partial charge is 0.433 e. The average Bonchev–Trinajstić information content (AvgIpc) is 1.45. The lowest BCUT2D eigenvalue weighted by molar-refractivity contribution is -0.141. The summed E-state index contributed by atoms with van der Waals surface area (Å²) >= 11 is 19.0. The predicted molar refractivity (Wildman–Crippen MR) is 371 cm³/mol. The molecule has 0 amide bonds. The van der Waals surface area contributed by atoms with Crippen LogP contribution in [0.15, 0.2) is 110 Å². The second kappa shape index (κ2) is 30.6. The molecule has 3 atom stereocenters. The fourth-order valence-electron chi connectivity index (χ4n) is 11.8. The van der Waals surface area contributed by atoms with Crippen LogP contribution in [0.4, 0.5) is 70.1 Å². The Morgan fingerprint density at radius 3 is 0.923 bits per heavy atom. The van der Waals surface area contributed by atoms with E-state index in [4.69, 9.17) is 66.2 Å². The second-order valence-electron chi connectivity index (χ2n) is 23.9. The molecule has 0 fully saturated rings. The Hall–Kier alpha value is -10.2. The number of aromatic nitrogens is 12. The zero-order valence-electron chi connectivity index (χ0n) is 56.7. The van der Waals surface area contributed by atoms with E-state index < -0.39 is 70.8 Å². The predicted octanol–water partition coefficient (Wildman–Crippen LogP) is 18.9. The van der Waals surface area contributed by atoms with Gasteiger partial charge in [0.15, 0.2) is 32.9 Å². The summed E-state index contributed by atoms with van der Waals surface area (Å²) in [4.78, 5) is 36.0. The third kappa shape index (κ3) is 15.2. The molecule has 0 bridgehead atoms. The zero-order valence-corrected chi connectivity index (χ0v) is 58.9. The summed E-state index contributed by atoms with van der Waals surface area (Å²) in [6, 6.07) is 10.9. The van der Waals surface area contributed by atoms with Crippen molar-refractivity contribution >= 4 is 68.8 Å². The number of nitrogens with zero attached hydrogens (tertiary/aromatic N) is 12. The molecule has 0 saturated carbocycles. The fourth-order valence-corrected chi connectivity index (χ4v) is 12.6. The normalized spacial score (nSPS) is 12.8. The van der Waals surface area contributed by atoms with Gasteiger partial charge in [-0.2, -0.15) is 39.5 Å². The molecular weight excluding hydrogens is 1450 g/mol. The Bertz CT molecular complexity index is 4940. The SMILES string of the molecule is CCCOc1c([C@@H](C)c2nc(Cl)c3c(N)nccn23)cc(C)c(F)c1-c1ccc(C(F)(F)F)nc1.CCCOc1c([C@H](C)c2nc(Cl)c3c(N)nccn23)cc(C)c(F)c1-c1ccc(C(F)(F)F)nc1.CCOc1c([C@@H](C)c2nc(Cl)c3c(N)nccn23)cc(C)c(F)c1-c1ccc(C(F)(F)F)nc1. The number of nitrogen functional groups attached to an aromatic ring is 3. The van der Waals surface area contributed by atoms with Gasteiger partial charge in [0.2, 0.25) is 0 Å². The minimum Gasteiger partial charge on any atom is -0.493 e. The van der Waals surface area contributed by atoms with Crippen LogP contribution < -0.4 is 31.4 Å². The molecule has 546 valence electrons. The van der Waals surface area contributed by atoms with Gasteiger partial charge in [-0.25, -0.2) is 43.1 Å². The molecule has 0 radical (unpaired) electrons. The van der Waals surface area contributed by atoms with Crippen molar-refractivity contribution in [1.29, 1.82) is 0 Å². The van der Waals surface area contributed by atoms with E-state index in [1.165, 1.54) is 36.8 Å². The minimum atomic E-state index is -4.61. The number of nitrogens with two attached hydrogens (primary N) is 3. The lowest BCUT2D eigenvalue weighted by atomic mass is 9.91. The Morgan fingerprint density at radius 2 is 0.692 bits per heavy atom. The van der Waals surface area contributed by atoms with Crippen LogP contribution in [0.25, 0.3) is 49.9 Å². The summed E-state index contributed by atoms with van der Waals surface area (Å²) < 4.78 is 186. The van der Waals surface area contributed by atoms with Crippen LogP contribution in [0.1, 0.15) is 140 Å². The molecule has 9 heterocycles. The maximum atomic E-state index is 15.5. The van der Waals surface area contributed by atoms with Gasteiger partial charge in [-0.05, 0) is 93.6 Å². The number of aryl methyl sites for hydroxylation is 3. The molecule has 12 rings (SSSR count). The minimum absolute atomic E-state index is 0.0260. The summed E-state index contributed by atoms with van der Waals surface area (Å²) in [6.07, 6.45) is -0.0304. The Balaban J connectivity index is 0.000000167. The number of pyridine rings is 3. The molecule has 0 saturated heterocycles. The highest BCUT2D eigenvalue weighted by Gasteiger charge is 2.37. The van der Waals surface area contributed by atoms with Crippen LogP contribution in [0, 0.1) is 38.2 Å². The highest BCUT2D eigenvalue weighted by molar-refractivity contribution is 6.34. The van der Waals surface area contributed by atoms with E-state index in [0.29, 0.717) is 74.7 Å². The summed E-state index contributed by atoms with van der Waals surface area (Å²) in [7, 11) is 0. The number of benzene rings is 3. The van der Waals surface area contributed by atoms with Gasteiger partial charge in [0.25, 0.3) is 0 Å². The lowest BCUT2D eigenvalue weighted by Gasteiger charge is -2.22. The van der Waals surface area contributed by atoms with Crippen LogP contribution >= 0.6 is 34.8 Å². The molecule has 33 heteroatoms. The van der Waals surface area contributed by atoms with Crippen molar-refractivity contribution in [3.05, 3.63) is 211 Å². The third-order valence-electron chi connectivity index (χ3n) is 16.8. The number of halogens is 15. The summed E-state index contributed by atoms with van der Waals surface area (Å²) in [5.41, 5.74) is 19.2. The first kappa shape index (κ1) is 76.4. The number of hydrogen-bond acceptors (Lipinski definition) is 15. The van der Waals surface area contributed by atoms with Crippen LogP contribution in [-0.4, -0.2) is 77.9 Å². The lowest BCUT2D eigenvalue weighted by Crippen LogP contribution is -2.10. The van der Waals surface area contributed by atoms with Gasteiger partial charge in [0.05, 0.1) is 36.5 Å². The van der Waals surface area contributed by atoms with E-state index in [-0.39, 0.29) is 109 Å². The van der Waals surface area contributed by atoms with E-state index >= 15 is 13.2 Å². The van der Waals surface area contributed by atoms with Crippen LogP contribution in [-0.2, 0) is 18.5 Å². The number of imidazole rings is 3. The average molecular weight is 1510 g/mol.